The lowest BCUT2D eigenvalue weighted by atomic mass is 10.1. The smallest absolute Gasteiger partial charge is 0.219 e. The molecule has 3 heterocycles. The Morgan fingerprint density at radius 3 is 2.55 bits per heavy atom. The molecule has 0 fully saturated rings. The van der Waals surface area contributed by atoms with Crippen molar-refractivity contribution < 1.29 is 13.5 Å². The summed E-state index contributed by atoms with van der Waals surface area (Å²) in [6, 6.07) is 2.59. The molecule has 7 nitrogen and oxygen atoms in total. The molecule has 4 rings (SSSR count). The van der Waals surface area contributed by atoms with Gasteiger partial charge in [-0.2, -0.15) is 0 Å². The zero-order chi connectivity index (χ0) is 20.7. The number of ether oxygens (including phenoxy) is 1. The molecule has 0 aliphatic heterocycles. The quantitative estimate of drug-likeness (QED) is 0.433. The molecule has 0 aliphatic rings. The third kappa shape index (κ3) is 3.41. The lowest BCUT2D eigenvalue weighted by molar-refractivity contribution is 0.227. The molecule has 1 atom stereocenters. The van der Waals surface area contributed by atoms with Crippen molar-refractivity contribution in [1.29, 1.82) is 0 Å². The molecule has 4 aromatic rings. The van der Waals surface area contributed by atoms with Crippen molar-refractivity contribution in [3.8, 4) is 16.9 Å². The van der Waals surface area contributed by atoms with E-state index in [1.807, 2.05) is 0 Å². The first-order valence-electron chi connectivity index (χ1n) is 8.40. The maximum absolute atomic E-state index is 13.9. The SMILES string of the molecule is CC(Oc1c(N)ncc2c(-c3cnc(N)nc3)coc12)c1c(Cl)ccc(F)c1Cl. The molecule has 0 saturated heterocycles. The van der Waals surface area contributed by atoms with Crippen molar-refractivity contribution in [3.63, 3.8) is 0 Å². The van der Waals surface area contributed by atoms with Crippen LogP contribution in [0.25, 0.3) is 22.1 Å². The van der Waals surface area contributed by atoms with Crippen LogP contribution in [-0.4, -0.2) is 15.0 Å². The normalized spacial score (nSPS) is 12.3. The maximum Gasteiger partial charge on any atom is 0.219 e. The topological polar surface area (TPSA) is 113 Å². The summed E-state index contributed by atoms with van der Waals surface area (Å²) in [6.07, 6.45) is 5.48. The Morgan fingerprint density at radius 1 is 1.10 bits per heavy atom. The van der Waals surface area contributed by atoms with Crippen molar-refractivity contribution >= 4 is 45.9 Å². The first kappa shape index (κ1) is 19.2. The first-order valence-corrected chi connectivity index (χ1v) is 9.16. The number of furan rings is 1. The van der Waals surface area contributed by atoms with Crippen LogP contribution in [0, 0.1) is 5.82 Å². The van der Waals surface area contributed by atoms with Gasteiger partial charge >= 0.3 is 0 Å². The molecule has 3 aromatic heterocycles. The van der Waals surface area contributed by atoms with Crippen LogP contribution in [0.1, 0.15) is 18.6 Å². The lowest BCUT2D eigenvalue weighted by Gasteiger charge is -2.18. The Labute approximate surface area is 174 Å². The summed E-state index contributed by atoms with van der Waals surface area (Å²) in [5, 5.41) is 0.774. The number of nitrogens with two attached hydrogens (primary N) is 2. The van der Waals surface area contributed by atoms with Crippen molar-refractivity contribution in [2.75, 3.05) is 11.5 Å². The number of anilines is 2. The van der Waals surface area contributed by atoms with E-state index in [1.54, 1.807) is 25.5 Å². The van der Waals surface area contributed by atoms with Crippen molar-refractivity contribution in [1.82, 2.24) is 15.0 Å². The Balaban J connectivity index is 1.78. The first-order chi connectivity index (χ1) is 13.9. The Bertz CT molecular complexity index is 1210. The van der Waals surface area contributed by atoms with E-state index in [2.05, 4.69) is 15.0 Å². The Kier molecular flexibility index (Phi) is 4.89. The van der Waals surface area contributed by atoms with Gasteiger partial charge in [0, 0.05) is 40.3 Å². The summed E-state index contributed by atoms with van der Waals surface area (Å²) < 4.78 is 25.5. The number of nitrogen functional groups attached to an aromatic ring is 2. The second-order valence-electron chi connectivity index (χ2n) is 6.21. The molecular formula is C19H14Cl2FN5O2. The van der Waals surface area contributed by atoms with Crippen molar-refractivity contribution in [3.05, 3.63) is 58.4 Å². The molecule has 29 heavy (non-hydrogen) atoms. The molecule has 10 heteroatoms. The van der Waals surface area contributed by atoms with E-state index in [0.29, 0.717) is 27.7 Å². The van der Waals surface area contributed by atoms with E-state index in [0.717, 1.165) is 0 Å². The lowest BCUT2D eigenvalue weighted by Crippen LogP contribution is -2.08. The minimum Gasteiger partial charge on any atom is -0.478 e. The van der Waals surface area contributed by atoms with Crippen LogP contribution < -0.4 is 16.2 Å². The number of halogens is 3. The van der Waals surface area contributed by atoms with E-state index in [9.17, 15) is 4.39 Å². The standard InChI is InChI=1S/C19H14Cl2FN5O2/c1-8(14-12(20)2-3-13(22)15(14)21)29-17-16-10(6-25-18(17)23)11(7-28-16)9-4-26-19(24)27-5-9/h2-8H,1H3,(H2,23,25)(H2,24,26,27). The van der Waals surface area contributed by atoms with E-state index >= 15 is 0 Å². The van der Waals surface area contributed by atoms with Crippen LogP contribution in [0.2, 0.25) is 10.0 Å². The highest BCUT2D eigenvalue weighted by Crippen LogP contribution is 2.41. The van der Waals surface area contributed by atoms with Gasteiger partial charge in [0.15, 0.2) is 11.4 Å². The van der Waals surface area contributed by atoms with Gasteiger partial charge in [0.05, 0.1) is 10.4 Å². The van der Waals surface area contributed by atoms with Crippen LogP contribution in [0.3, 0.4) is 0 Å². The second-order valence-corrected chi connectivity index (χ2v) is 7.00. The van der Waals surface area contributed by atoms with Crippen LogP contribution in [0.5, 0.6) is 5.75 Å². The highest BCUT2D eigenvalue weighted by molar-refractivity contribution is 6.36. The minimum atomic E-state index is -0.728. The van der Waals surface area contributed by atoms with Crippen LogP contribution in [0.4, 0.5) is 16.2 Å². The van der Waals surface area contributed by atoms with Gasteiger partial charge in [-0.25, -0.2) is 19.3 Å². The summed E-state index contributed by atoms with van der Waals surface area (Å²) in [5.74, 6) is -0.156. The molecular weight excluding hydrogens is 420 g/mol. The molecule has 0 spiro atoms. The monoisotopic (exact) mass is 433 g/mol. The zero-order valence-corrected chi connectivity index (χ0v) is 16.5. The largest absolute Gasteiger partial charge is 0.478 e. The van der Waals surface area contributed by atoms with E-state index < -0.39 is 11.9 Å². The van der Waals surface area contributed by atoms with E-state index in [-0.39, 0.29) is 27.6 Å². The van der Waals surface area contributed by atoms with Crippen molar-refractivity contribution in [2.24, 2.45) is 0 Å². The van der Waals surface area contributed by atoms with Gasteiger partial charge in [0.2, 0.25) is 11.7 Å². The van der Waals surface area contributed by atoms with Gasteiger partial charge in [0.25, 0.3) is 0 Å². The fraction of sp³-hybridized carbons (Fsp3) is 0.105. The third-order valence-corrected chi connectivity index (χ3v) is 5.08. The number of hydrogen-bond donors (Lipinski definition) is 2. The summed E-state index contributed by atoms with van der Waals surface area (Å²) in [7, 11) is 0. The van der Waals surface area contributed by atoms with Gasteiger partial charge in [0.1, 0.15) is 18.2 Å². The van der Waals surface area contributed by atoms with E-state index in [4.69, 9.17) is 43.8 Å². The highest BCUT2D eigenvalue weighted by Gasteiger charge is 2.23. The summed E-state index contributed by atoms with van der Waals surface area (Å²) in [5.41, 5.74) is 13.6. The number of benzene rings is 1. The number of fused-ring (bicyclic) bond motifs is 1. The van der Waals surface area contributed by atoms with Crippen LogP contribution in [-0.2, 0) is 0 Å². The van der Waals surface area contributed by atoms with Gasteiger partial charge in [-0.05, 0) is 19.1 Å². The highest BCUT2D eigenvalue weighted by atomic mass is 35.5. The molecule has 0 amide bonds. The molecule has 148 valence electrons. The minimum absolute atomic E-state index is 0.0995. The number of nitrogens with zero attached hydrogens (tertiary/aromatic N) is 3. The molecule has 1 aromatic carbocycles. The number of hydrogen-bond acceptors (Lipinski definition) is 7. The zero-order valence-electron chi connectivity index (χ0n) is 15.0. The predicted octanol–water partition coefficient (Wildman–Crippen LogP) is 5.04. The van der Waals surface area contributed by atoms with E-state index in [1.165, 1.54) is 18.4 Å². The summed E-state index contributed by atoms with van der Waals surface area (Å²) in [6.45, 7) is 1.67. The molecule has 0 radical (unpaired) electrons. The Hall–Kier alpha value is -3.10. The number of pyridine rings is 1. The average molecular weight is 434 g/mol. The van der Waals surface area contributed by atoms with Crippen molar-refractivity contribution in [2.45, 2.75) is 13.0 Å². The average Bonchev–Trinajstić information content (AvgIpc) is 3.12. The maximum atomic E-state index is 13.9. The molecule has 0 bridgehead atoms. The number of aromatic nitrogens is 3. The summed E-state index contributed by atoms with van der Waals surface area (Å²) in [4.78, 5) is 12.1. The van der Waals surface area contributed by atoms with Crippen LogP contribution in [0.15, 0.2) is 41.4 Å². The van der Waals surface area contributed by atoms with Gasteiger partial charge in [-0.1, -0.05) is 23.2 Å². The third-order valence-electron chi connectivity index (χ3n) is 4.36. The molecule has 0 saturated carbocycles. The molecule has 4 N–H and O–H groups in total. The Morgan fingerprint density at radius 2 is 1.83 bits per heavy atom. The molecule has 1 unspecified atom stereocenters. The second kappa shape index (κ2) is 7.38. The summed E-state index contributed by atoms with van der Waals surface area (Å²) >= 11 is 12.3. The van der Waals surface area contributed by atoms with Gasteiger partial charge in [-0.15, -0.1) is 0 Å². The predicted molar refractivity (Wildman–Crippen MR) is 109 cm³/mol. The van der Waals surface area contributed by atoms with Gasteiger partial charge in [-0.3, -0.25) is 0 Å². The number of rotatable bonds is 4. The fourth-order valence-electron chi connectivity index (χ4n) is 2.95. The fourth-order valence-corrected chi connectivity index (χ4v) is 3.62. The van der Waals surface area contributed by atoms with Crippen LogP contribution >= 0.6 is 23.2 Å². The molecule has 0 aliphatic carbocycles. The van der Waals surface area contributed by atoms with Gasteiger partial charge < -0.3 is 20.6 Å².